The van der Waals surface area contributed by atoms with Crippen LogP contribution >= 0.6 is 11.6 Å². The Balaban J connectivity index is 2.16. The van der Waals surface area contributed by atoms with E-state index >= 15 is 0 Å². The summed E-state index contributed by atoms with van der Waals surface area (Å²) < 4.78 is 0. The van der Waals surface area contributed by atoms with E-state index in [1.165, 1.54) is 0 Å². The van der Waals surface area contributed by atoms with Gasteiger partial charge in [0.1, 0.15) is 11.7 Å². The first-order valence-corrected chi connectivity index (χ1v) is 5.55. The number of hydrogen-bond acceptors (Lipinski definition) is 3. The summed E-state index contributed by atoms with van der Waals surface area (Å²) in [6.45, 7) is 0. The number of halogens is 1. The van der Waals surface area contributed by atoms with Crippen LogP contribution in [-0.2, 0) is 4.79 Å². The molecular weight excluding hydrogens is 238 g/mol. The van der Waals surface area contributed by atoms with Gasteiger partial charge in [-0.25, -0.2) is 4.98 Å². The summed E-state index contributed by atoms with van der Waals surface area (Å²) in [6, 6.07) is 7.40. The number of anilines is 1. The van der Waals surface area contributed by atoms with E-state index in [0.29, 0.717) is 5.82 Å². The highest BCUT2D eigenvalue weighted by atomic mass is 35.5. The summed E-state index contributed by atoms with van der Waals surface area (Å²) in [5, 5.41) is 2.57. The topological polar surface area (TPSA) is 54.9 Å². The van der Waals surface area contributed by atoms with E-state index in [4.69, 9.17) is 11.6 Å². The molecule has 0 unspecified atom stereocenters. The predicted molar refractivity (Wildman–Crippen MR) is 66.8 cm³/mol. The molecular formula is C12H10ClN3O. The van der Waals surface area contributed by atoms with Gasteiger partial charge < -0.3 is 5.32 Å². The molecule has 0 spiro atoms. The Morgan fingerprint density at radius 2 is 2.06 bits per heavy atom. The van der Waals surface area contributed by atoms with Crippen LogP contribution in [0.5, 0.6) is 0 Å². The number of carbonyl (C=O) groups excluding carboxylic acids is 1. The zero-order valence-electron chi connectivity index (χ0n) is 8.93. The molecule has 1 amide bonds. The van der Waals surface area contributed by atoms with E-state index in [9.17, 15) is 4.79 Å². The highest BCUT2D eigenvalue weighted by Gasteiger charge is 2.02. The Labute approximate surface area is 104 Å². The number of rotatable bonds is 3. The Bertz CT molecular complexity index is 499. The standard InChI is InChI=1S/C12H10ClN3O/c13-6-12(17)16-11-4-3-10(8-15-11)9-2-1-5-14-7-9/h1-5,7-8H,6H2,(H,15,16,17). The normalized spacial score (nSPS) is 9.94. The van der Waals surface area contributed by atoms with Crippen LogP contribution in [0.1, 0.15) is 0 Å². The Hall–Kier alpha value is -1.94. The van der Waals surface area contributed by atoms with Crippen molar-refractivity contribution in [3.05, 3.63) is 42.9 Å². The number of carbonyl (C=O) groups is 1. The smallest absolute Gasteiger partial charge is 0.240 e. The molecule has 2 rings (SSSR count). The molecule has 86 valence electrons. The van der Waals surface area contributed by atoms with Crippen LogP contribution in [0, 0.1) is 0 Å². The molecule has 0 aliphatic heterocycles. The molecule has 2 aromatic rings. The summed E-state index contributed by atoms with van der Waals surface area (Å²) in [5.74, 6) is 0.142. The molecule has 4 nitrogen and oxygen atoms in total. The van der Waals surface area contributed by atoms with Crippen molar-refractivity contribution < 1.29 is 4.79 Å². The fraction of sp³-hybridized carbons (Fsp3) is 0.0833. The molecule has 0 fully saturated rings. The Morgan fingerprint density at radius 3 is 2.65 bits per heavy atom. The maximum atomic E-state index is 11.0. The van der Waals surface area contributed by atoms with E-state index in [2.05, 4.69) is 15.3 Å². The lowest BCUT2D eigenvalue weighted by Gasteiger charge is -2.03. The second-order valence-electron chi connectivity index (χ2n) is 3.36. The molecule has 0 aromatic carbocycles. The third-order valence-electron chi connectivity index (χ3n) is 2.15. The summed E-state index contributed by atoms with van der Waals surface area (Å²) in [5.41, 5.74) is 1.93. The van der Waals surface area contributed by atoms with Gasteiger partial charge in [-0.1, -0.05) is 6.07 Å². The number of aromatic nitrogens is 2. The third-order valence-corrected chi connectivity index (χ3v) is 2.39. The van der Waals surface area contributed by atoms with Gasteiger partial charge in [-0.15, -0.1) is 11.6 Å². The largest absolute Gasteiger partial charge is 0.310 e. The monoisotopic (exact) mass is 247 g/mol. The fourth-order valence-corrected chi connectivity index (χ4v) is 1.42. The molecule has 0 saturated heterocycles. The lowest BCUT2D eigenvalue weighted by atomic mass is 10.1. The minimum atomic E-state index is -0.270. The van der Waals surface area contributed by atoms with Crippen LogP contribution < -0.4 is 5.32 Å². The van der Waals surface area contributed by atoms with Gasteiger partial charge in [0.05, 0.1) is 0 Å². The van der Waals surface area contributed by atoms with E-state index in [1.54, 1.807) is 24.7 Å². The minimum absolute atomic E-state index is 0.0773. The van der Waals surface area contributed by atoms with Gasteiger partial charge in [0.25, 0.3) is 0 Å². The number of pyridine rings is 2. The number of hydrogen-bond donors (Lipinski definition) is 1. The second kappa shape index (κ2) is 5.41. The van der Waals surface area contributed by atoms with E-state index in [-0.39, 0.29) is 11.8 Å². The van der Waals surface area contributed by atoms with Crippen molar-refractivity contribution in [3.63, 3.8) is 0 Å². The highest BCUT2D eigenvalue weighted by molar-refractivity contribution is 6.28. The summed E-state index contributed by atoms with van der Waals surface area (Å²) >= 11 is 5.38. The van der Waals surface area contributed by atoms with Crippen LogP contribution in [0.15, 0.2) is 42.9 Å². The maximum absolute atomic E-state index is 11.0. The summed E-state index contributed by atoms with van der Waals surface area (Å²) in [7, 11) is 0. The summed E-state index contributed by atoms with van der Waals surface area (Å²) in [4.78, 5) is 19.2. The summed E-state index contributed by atoms with van der Waals surface area (Å²) in [6.07, 6.45) is 5.15. The third kappa shape index (κ3) is 3.01. The number of alkyl halides is 1. The van der Waals surface area contributed by atoms with Gasteiger partial charge in [-0.2, -0.15) is 0 Å². The molecule has 2 aromatic heterocycles. The molecule has 0 aliphatic rings. The molecule has 1 N–H and O–H groups in total. The fourth-order valence-electron chi connectivity index (χ4n) is 1.35. The van der Waals surface area contributed by atoms with Gasteiger partial charge in [-0.05, 0) is 18.2 Å². The molecule has 17 heavy (non-hydrogen) atoms. The zero-order valence-corrected chi connectivity index (χ0v) is 9.69. The second-order valence-corrected chi connectivity index (χ2v) is 3.62. The van der Waals surface area contributed by atoms with Crippen molar-refractivity contribution in [1.82, 2.24) is 9.97 Å². The van der Waals surface area contributed by atoms with E-state index in [1.807, 2.05) is 18.2 Å². The van der Waals surface area contributed by atoms with Crippen molar-refractivity contribution in [1.29, 1.82) is 0 Å². The Kier molecular flexibility index (Phi) is 3.67. The van der Waals surface area contributed by atoms with Crippen molar-refractivity contribution >= 4 is 23.3 Å². The number of amides is 1. The van der Waals surface area contributed by atoms with Crippen LogP contribution in [0.3, 0.4) is 0 Å². The molecule has 0 aliphatic carbocycles. The van der Waals surface area contributed by atoms with Crippen molar-refractivity contribution in [2.45, 2.75) is 0 Å². The van der Waals surface area contributed by atoms with Crippen LogP contribution in [0.4, 0.5) is 5.82 Å². The first-order valence-electron chi connectivity index (χ1n) is 5.02. The van der Waals surface area contributed by atoms with Gasteiger partial charge in [0.15, 0.2) is 0 Å². The minimum Gasteiger partial charge on any atom is -0.310 e. The van der Waals surface area contributed by atoms with Crippen molar-refractivity contribution in [3.8, 4) is 11.1 Å². The van der Waals surface area contributed by atoms with Gasteiger partial charge in [-0.3, -0.25) is 9.78 Å². The van der Waals surface area contributed by atoms with Gasteiger partial charge >= 0.3 is 0 Å². The van der Waals surface area contributed by atoms with Crippen LogP contribution in [0.2, 0.25) is 0 Å². The lowest BCUT2D eigenvalue weighted by molar-refractivity contribution is -0.113. The van der Waals surface area contributed by atoms with Crippen LogP contribution in [0.25, 0.3) is 11.1 Å². The SMILES string of the molecule is O=C(CCl)Nc1ccc(-c2cccnc2)cn1. The zero-order chi connectivity index (χ0) is 12.1. The molecule has 0 atom stereocenters. The average Bonchev–Trinajstić information content (AvgIpc) is 2.40. The number of nitrogens with one attached hydrogen (secondary N) is 1. The maximum Gasteiger partial charge on any atom is 0.240 e. The predicted octanol–water partition coefficient (Wildman–Crippen LogP) is 2.32. The first-order chi connectivity index (χ1) is 8.29. The molecule has 0 radical (unpaired) electrons. The van der Waals surface area contributed by atoms with E-state index < -0.39 is 0 Å². The highest BCUT2D eigenvalue weighted by Crippen LogP contribution is 2.17. The lowest BCUT2D eigenvalue weighted by Crippen LogP contribution is -2.13. The molecule has 0 bridgehead atoms. The van der Waals surface area contributed by atoms with Crippen LogP contribution in [-0.4, -0.2) is 21.8 Å². The van der Waals surface area contributed by atoms with Crippen molar-refractivity contribution in [2.75, 3.05) is 11.2 Å². The van der Waals surface area contributed by atoms with Gasteiger partial charge in [0, 0.05) is 29.7 Å². The van der Waals surface area contributed by atoms with E-state index in [0.717, 1.165) is 11.1 Å². The average molecular weight is 248 g/mol. The quantitative estimate of drug-likeness (QED) is 0.847. The molecule has 2 heterocycles. The Morgan fingerprint density at radius 1 is 1.24 bits per heavy atom. The number of nitrogens with zero attached hydrogens (tertiary/aromatic N) is 2. The molecule has 0 saturated carbocycles. The van der Waals surface area contributed by atoms with Crippen molar-refractivity contribution in [2.24, 2.45) is 0 Å². The first kappa shape index (κ1) is 11.5. The van der Waals surface area contributed by atoms with Gasteiger partial charge in [0.2, 0.25) is 5.91 Å². The molecule has 5 heteroatoms.